The summed E-state index contributed by atoms with van der Waals surface area (Å²) in [6.07, 6.45) is 1.05. The van der Waals surface area contributed by atoms with Crippen LogP contribution in [0.2, 0.25) is 5.02 Å². The summed E-state index contributed by atoms with van der Waals surface area (Å²) in [5.74, 6) is 0.511. The summed E-state index contributed by atoms with van der Waals surface area (Å²) in [5.41, 5.74) is 4.61. The molecular weight excluding hydrogens is 251 g/mol. The number of hydrogen-bond acceptors (Lipinski definition) is 0. The highest BCUT2D eigenvalue weighted by molar-refractivity contribution is 6.33. The molecule has 0 heterocycles. The first kappa shape index (κ1) is 12.5. The van der Waals surface area contributed by atoms with Crippen molar-refractivity contribution < 1.29 is 0 Å². The molecule has 0 fully saturated rings. The van der Waals surface area contributed by atoms with Crippen LogP contribution in [0.3, 0.4) is 0 Å². The van der Waals surface area contributed by atoms with Gasteiger partial charge < -0.3 is 0 Å². The van der Waals surface area contributed by atoms with E-state index in [1.165, 1.54) is 5.56 Å². The molecule has 2 rings (SSSR count). The molecule has 0 aliphatic carbocycles. The number of rotatable bonds is 3. The van der Waals surface area contributed by atoms with Crippen molar-refractivity contribution in [2.75, 3.05) is 0 Å². The Labute approximate surface area is 112 Å². The van der Waals surface area contributed by atoms with Crippen molar-refractivity contribution in [3.8, 4) is 11.1 Å². The van der Waals surface area contributed by atoms with Gasteiger partial charge in [-0.15, -0.1) is 11.6 Å². The lowest BCUT2D eigenvalue weighted by molar-refractivity contribution is 1.14. The Balaban J connectivity index is 2.43. The van der Waals surface area contributed by atoms with Crippen molar-refractivity contribution in [3.05, 3.63) is 58.6 Å². The van der Waals surface area contributed by atoms with E-state index in [-0.39, 0.29) is 0 Å². The molecule has 0 saturated carbocycles. The SMILES string of the molecule is CCc1ccc(-c2cc(CCl)ccc2Cl)cc1. The minimum Gasteiger partial charge on any atom is -0.122 e. The predicted octanol–water partition coefficient (Wildman–Crippen LogP) is 5.31. The third-order valence-electron chi connectivity index (χ3n) is 2.86. The van der Waals surface area contributed by atoms with Crippen LogP contribution in [0.25, 0.3) is 11.1 Å². The van der Waals surface area contributed by atoms with Crippen LogP contribution in [0, 0.1) is 0 Å². The zero-order valence-corrected chi connectivity index (χ0v) is 11.2. The second-order valence-corrected chi connectivity index (χ2v) is 4.67. The smallest absolute Gasteiger partial charge is 0.0484 e. The highest BCUT2D eigenvalue weighted by atomic mass is 35.5. The van der Waals surface area contributed by atoms with Gasteiger partial charge >= 0.3 is 0 Å². The minimum absolute atomic E-state index is 0.511. The van der Waals surface area contributed by atoms with Crippen LogP contribution in [0.4, 0.5) is 0 Å². The fourth-order valence-electron chi connectivity index (χ4n) is 1.80. The molecule has 0 saturated heterocycles. The average molecular weight is 265 g/mol. The Bertz CT molecular complexity index is 501. The monoisotopic (exact) mass is 264 g/mol. The maximum absolute atomic E-state index is 6.22. The van der Waals surface area contributed by atoms with Gasteiger partial charge in [0.05, 0.1) is 0 Å². The van der Waals surface area contributed by atoms with E-state index in [9.17, 15) is 0 Å². The van der Waals surface area contributed by atoms with Crippen LogP contribution in [0.1, 0.15) is 18.1 Å². The van der Waals surface area contributed by atoms with E-state index in [1.807, 2.05) is 12.1 Å². The van der Waals surface area contributed by atoms with Crippen LogP contribution < -0.4 is 0 Å². The highest BCUT2D eigenvalue weighted by Crippen LogP contribution is 2.29. The number of halogens is 2. The summed E-state index contributed by atoms with van der Waals surface area (Å²) >= 11 is 12.1. The van der Waals surface area contributed by atoms with Crippen molar-refractivity contribution >= 4 is 23.2 Å². The van der Waals surface area contributed by atoms with E-state index < -0.39 is 0 Å². The first-order valence-electron chi connectivity index (χ1n) is 5.68. The lowest BCUT2D eigenvalue weighted by Gasteiger charge is -2.07. The second kappa shape index (κ2) is 5.57. The molecule has 0 nitrogen and oxygen atoms in total. The van der Waals surface area contributed by atoms with Crippen LogP contribution in [0.5, 0.6) is 0 Å². The van der Waals surface area contributed by atoms with Crippen molar-refractivity contribution in [1.82, 2.24) is 0 Å². The summed E-state index contributed by atoms with van der Waals surface area (Å²) < 4.78 is 0. The van der Waals surface area contributed by atoms with Crippen LogP contribution in [-0.4, -0.2) is 0 Å². The zero-order valence-electron chi connectivity index (χ0n) is 9.71. The Hall–Kier alpha value is -0.980. The molecule has 0 spiro atoms. The molecule has 0 N–H and O–H groups in total. The molecule has 0 aliphatic rings. The molecule has 17 heavy (non-hydrogen) atoms. The van der Waals surface area contributed by atoms with Gasteiger partial charge in [-0.3, -0.25) is 0 Å². The van der Waals surface area contributed by atoms with Crippen molar-refractivity contribution in [1.29, 1.82) is 0 Å². The molecule has 0 amide bonds. The lowest BCUT2D eigenvalue weighted by atomic mass is 10.0. The van der Waals surface area contributed by atoms with Gasteiger partial charge in [-0.1, -0.05) is 48.9 Å². The van der Waals surface area contributed by atoms with E-state index in [2.05, 4.69) is 37.3 Å². The Morgan fingerprint density at radius 3 is 2.18 bits per heavy atom. The average Bonchev–Trinajstić information content (AvgIpc) is 2.39. The second-order valence-electron chi connectivity index (χ2n) is 4.00. The Morgan fingerprint density at radius 2 is 1.59 bits per heavy atom. The Kier molecular flexibility index (Phi) is 4.09. The van der Waals surface area contributed by atoms with E-state index in [0.29, 0.717) is 5.88 Å². The molecule has 0 radical (unpaired) electrons. The molecule has 88 valence electrons. The van der Waals surface area contributed by atoms with E-state index in [1.54, 1.807) is 0 Å². The third kappa shape index (κ3) is 2.83. The van der Waals surface area contributed by atoms with Crippen molar-refractivity contribution in [2.45, 2.75) is 19.2 Å². The number of benzene rings is 2. The molecule has 2 aromatic rings. The summed E-state index contributed by atoms with van der Waals surface area (Å²) in [5, 5.41) is 0.767. The van der Waals surface area contributed by atoms with E-state index in [4.69, 9.17) is 23.2 Å². The van der Waals surface area contributed by atoms with Crippen LogP contribution in [-0.2, 0) is 12.3 Å². The molecule has 0 atom stereocenters. The number of alkyl halides is 1. The van der Waals surface area contributed by atoms with Gasteiger partial charge in [-0.25, -0.2) is 0 Å². The Morgan fingerprint density at radius 1 is 0.941 bits per heavy atom. The topological polar surface area (TPSA) is 0 Å². The minimum atomic E-state index is 0.511. The van der Waals surface area contributed by atoms with Gasteiger partial charge in [-0.05, 0) is 35.2 Å². The molecule has 0 aliphatic heterocycles. The molecule has 0 unspecified atom stereocenters. The summed E-state index contributed by atoms with van der Waals surface area (Å²) in [6.45, 7) is 2.15. The first-order valence-corrected chi connectivity index (χ1v) is 6.59. The molecule has 0 bridgehead atoms. The summed E-state index contributed by atoms with van der Waals surface area (Å²) in [6, 6.07) is 14.4. The zero-order chi connectivity index (χ0) is 12.3. The predicted molar refractivity (Wildman–Crippen MR) is 75.8 cm³/mol. The van der Waals surface area contributed by atoms with E-state index in [0.717, 1.165) is 28.1 Å². The van der Waals surface area contributed by atoms with Gasteiger partial charge in [0.25, 0.3) is 0 Å². The maximum atomic E-state index is 6.22. The summed E-state index contributed by atoms with van der Waals surface area (Å²) in [4.78, 5) is 0. The van der Waals surface area contributed by atoms with Crippen LogP contribution in [0.15, 0.2) is 42.5 Å². The van der Waals surface area contributed by atoms with E-state index >= 15 is 0 Å². The van der Waals surface area contributed by atoms with Gasteiger partial charge in [0.2, 0.25) is 0 Å². The van der Waals surface area contributed by atoms with Gasteiger partial charge in [-0.2, -0.15) is 0 Å². The van der Waals surface area contributed by atoms with Crippen molar-refractivity contribution in [2.24, 2.45) is 0 Å². The lowest BCUT2D eigenvalue weighted by Crippen LogP contribution is -1.85. The van der Waals surface area contributed by atoms with Gasteiger partial charge in [0, 0.05) is 16.5 Å². The fraction of sp³-hybridized carbons (Fsp3) is 0.200. The quantitative estimate of drug-likeness (QED) is 0.660. The van der Waals surface area contributed by atoms with Crippen LogP contribution >= 0.6 is 23.2 Å². The number of aryl methyl sites for hydroxylation is 1. The first-order chi connectivity index (χ1) is 8.24. The molecule has 2 aromatic carbocycles. The van der Waals surface area contributed by atoms with Gasteiger partial charge in [0.1, 0.15) is 0 Å². The number of hydrogen-bond donors (Lipinski definition) is 0. The van der Waals surface area contributed by atoms with Crippen molar-refractivity contribution in [3.63, 3.8) is 0 Å². The molecule has 2 heteroatoms. The third-order valence-corrected chi connectivity index (χ3v) is 3.50. The normalized spacial score (nSPS) is 10.5. The summed E-state index contributed by atoms with van der Waals surface area (Å²) in [7, 11) is 0. The maximum Gasteiger partial charge on any atom is 0.0484 e. The van der Waals surface area contributed by atoms with Gasteiger partial charge in [0.15, 0.2) is 0 Å². The molecule has 0 aromatic heterocycles. The fourth-order valence-corrected chi connectivity index (χ4v) is 2.19. The highest BCUT2D eigenvalue weighted by Gasteiger charge is 2.04. The standard InChI is InChI=1S/C15H14Cl2/c1-2-11-3-6-13(7-4-11)14-9-12(10-16)5-8-15(14)17/h3-9H,2,10H2,1H3. The molecular formula is C15H14Cl2. The largest absolute Gasteiger partial charge is 0.122 e.